The van der Waals surface area contributed by atoms with Crippen molar-refractivity contribution in [2.24, 2.45) is 5.73 Å². The summed E-state index contributed by atoms with van der Waals surface area (Å²) in [6.07, 6.45) is 2.66. The van der Waals surface area contributed by atoms with Crippen molar-refractivity contribution in [3.05, 3.63) is 29.8 Å². The number of rotatable bonds is 7. The average Bonchev–Trinajstić information content (AvgIpc) is 3.19. The van der Waals surface area contributed by atoms with E-state index in [1.807, 2.05) is 24.3 Å². The van der Waals surface area contributed by atoms with Crippen LogP contribution in [-0.2, 0) is 0 Å². The van der Waals surface area contributed by atoms with E-state index in [4.69, 9.17) is 22.7 Å². The predicted molar refractivity (Wildman–Crippen MR) is 78.1 cm³/mol. The Labute approximate surface area is 114 Å². The van der Waals surface area contributed by atoms with Crippen LogP contribution in [0.4, 0.5) is 0 Å². The Hall–Kier alpha value is -1.13. The molecule has 0 aromatic heterocycles. The van der Waals surface area contributed by atoms with E-state index in [0.717, 1.165) is 30.4 Å². The molecular weight excluding hydrogens is 244 g/mol. The molecule has 0 aliphatic heterocycles. The largest absolute Gasteiger partial charge is 0.492 e. The van der Waals surface area contributed by atoms with Gasteiger partial charge >= 0.3 is 0 Å². The number of para-hydroxylation sites is 1. The van der Waals surface area contributed by atoms with Crippen LogP contribution in [0.1, 0.15) is 25.3 Å². The van der Waals surface area contributed by atoms with Crippen LogP contribution in [0.2, 0.25) is 0 Å². The van der Waals surface area contributed by atoms with Crippen molar-refractivity contribution in [2.45, 2.75) is 25.8 Å². The standard InChI is InChI=1S/C14H20N2OS/c1-2-16(11-7-8-11)9-10-17-13-6-4-3-5-12(13)14(15)18/h3-6,11H,2,7-10H2,1H3,(H2,15,18). The molecule has 1 aliphatic rings. The van der Waals surface area contributed by atoms with E-state index in [0.29, 0.717) is 11.6 Å². The number of ether oxygens (including phenoxy) is 1. The molecular formula is C14H20N2OS. The summed E-state index contributed by atoms with van der Waals surface area (Å²) >= 11 is 5.01. The van der Waals surface area contributed by atoms with Crippen LogP contribution >= 0.6 is 12.2 Å². The molecule has 1 saturated carbocycles. The summed E-state index contributed by atoms with van der Waals surface area (Å²) < 4.78 is 5.80. The Balaban J connectivity index is 1.87. The van der Waals surface area contributed by atoms with Gasteiger partial charge in [-0.25, -0.2) is 0 Å². The Bertz CT molecular complexity index is 418. The molecule has 1 aliphatic carbocycles. The quantitative estimate of drug-likeness (QED) is 0.766. The Morgan fingerprint density at radius 3 is 2.78 bits per heavy atom. The van der Waals surface area contributed by atoms with Gasteiger partial charge < -0.3 is 10.5 Å². The zero-order valence-corrected chi connectivity index (χ0v) is 11.6. The second-order valence-electron chi connectivity index (χ2n) is 4.57. The fourth-order valence-electron chi connectivity index (χ4n) is 2.11. The summed E-state index contributed by atoms with van der Waals surface area (Å²) in [5.41, 5.74) is 6.49. The van der Waals surface area contributed by atoms with Crippen molar-refractivity contribution in [3.8, 4) is 5.75 Å². The number of thiocarbonyl (C=S) groups is 1. The van der Waals surface area contributed by atoms with Crippen LogP contribution in [0.15, 0.2) is 24.3 Å². The van der Waals surface area contributed by atoms with Gasteiger partial charge in [-0.05, 0) is 31.5 Å². The van der Waals surface area contributed by atoms with E-state index in [1.165, 1.54) is 12.8 Å². The van der Waals surface area contributed by atoms with Crippen molar-refractivity contribution in [3.63, 3.8) is 0 Å². The molecule has 0 saturated heterocycles. The summed E-state index contributed by atoms with van der Waals surface area (Å²) in [4.78, 5) is 2.85. The minimum absolute atomic E-state index is 0.389. The van der Waals surface area contributed by atoms with E-state index in [9.17, 15) is 0 Å². The Kier molecular flexibility index (Phi) is 4.55. The summed E-state index contributed by atoms with van der Waals surface area (Å²) in [7, 11) is 0. The minimum Gasteiger partial charge on any atom is -0.492 e. The van der Waals surface area contributed by atoms with Gasteiger partial charge in [-0.2, -0.15) is 0 Å². The van der Waals surface area contributed by atoms with E-state index in [-0.39, 0.29) is 0 Å². The van der Waals surface area contributed by atoms with Crippen molar-refractivity contribution in [1.29, 1.82) is 0 Å². The number of benzene rings is 1. The second-order valence-corrected chi connectivity index (χ2v) is 5.01. The first-order valence-corrected chi connectivity index (χ1v) is 6.89. The Morgan fingerprint density at radius 1 is 1.44 bits per heavy atom. The van der Waals surface area contributed by atoms with Gasteiger partial charge in [0.2, 0.25) is 0 Å². The van der Waals surface area contributed by atoms with Gasteiger partial charge in [0.25, 0.3) is 0 Å². The lowest BCUT2D eigenvalue weighted by Gasteiger charge is -2.20. The maximum absolute atomic E-state index is 5.80. The number of nitrogens with zero attached hydrogens (tertiary/aromatic N) is 1. The summed E-state index contributed by atoms with van der Waals surface area (Å²) in [5, 5.41) is 0. The molecule has 4 heteroatoms. The third-order valence-electron chi connectivity index (χ3n) is 3.26. The highest BCUT2D eigenvalue weighted by Crippen LogP contribution is 2.26. The lowest BCUT2D eigenvalue weighted by Crippen LogP contribution is -2.30. The molecule has 0 radical (unpaired) electrons. The fraction of sp³-hybridized carbons (Fsp3) is 0.500. The van der Waals surface area contributed by atoms with Crippen molar-refractivity contribution < 1.29 is 4.74 Å². The molecule has 98 valence electrons. The Morgan fingerprint density at radius 2 is 2.17 bits per heavy atom. The zero-order chi connectivity index (χ0) is 13.0. The first kappa shape index (κ1) is 13.3. The van der Waals surface area contributed by atoms with Crippen molar-refractivity contribution >= 4 is 17.2 Å². The fourth-order valence-corrected chi connectivity index (χ4v) is 2.28. The minimum atomic E-state index is 0.389. The average molecular weight is 264 g/mol. The first-order valence-electron chi connectivity index (χ1n) is 6.48. The van der Waals surface area contributed by atoms with Crippen LogP contribution in [0.5, 0.6) is 5.75 Å². The third kappa shape index (κ3) is 3.43. The normalized spacial score (nSPS) is 14.8. The number of likely N-dealkylation sites (N-methyl/N-ethyl adjacent to an activating group) is 1. The first-order chi connectivity index (χ1) is 8.72. The molecule has 2 rings (SSSR count). The van der Waals surface area contributed by atoms with Gasteiger partial charge in [0.1, 0.15) is 17.3 Å². The molecule has 18 heavy (non-hydrogen) atoms. The van der Waals surface area contributed by atoms with E-state index >= 15 is 0 Å². The maximum Gasteiger partial charge on any atom is 0.129 e. The van der Waals surface area contributed by atoms with Crippen molar-refractivity contribution in [2.75, 3.05) is 19.7 Å². The molecule has 0 amide bonds. The van der Waals surface area contributed by atoms with Gasteiger partial charge in [-0.15, -0.1) is 0 Å². The van der Waals surface area contributed by atoms with E-state index in [1.54, 1.807) is 0 Å². The van der Waals surface area contributed by atoms with Crippen LogP contribution < -0.4 is 10.5 Å². The summed E-state index contributed by atoms with van der Waals surface area (Å²) in [6.45, 7) is 4.93. The van der Waals surface area contributed by atoms with E-state index < -0.39 is 0 Å². The molecule has 1 aromatic rings. The third-order valence-corrected chi connectivity index (χ3v) is 3.48. The van der Waals surface area contributed by atoms with Gasteiger partial charge in [0, 0.05) is 12.6 Å². The smallest absolute Gasteiger partial charge is 0.129 e. The number of hydrogen-bond acceptors (Lipinski definition) is 3. The highest BCUT2D eigenvalue weighted by Gasteiger charge is 2.27. The molecule has 2 N–H and O–H groups in total. The molecule has 0 unspecified atom stereocenters. The highest BCUT2D eigenvalue weighted by atomic mass is 32.1. The monoisotopic (exact) mass is 264 g/mol. The molecule has 0 atom stereocenters. The molecule has 0 spiro atoms. The van der Waals surface area contributed by atoms with Gasteiger partial charge in [-0.3, -0.25) is 4.90 Å². The predicted octanol–water partition coefficient (Wildman–Crippen LogP) is 2.18. The second kappa shape index (κ2) is 6.16. The van der Waals surface area contributed by atoms with Gasteiger partial charge in [0.05, 0.1) is 5.56 Å². The van der Waals surface area contributed by atoms with Crippen LogP contribution in [0.25, 0.3) is 0 Å². The lowest BCUT2D eigenvalue weighted by atomic mass is 10.2. The SMILES string of the molecule is CCN(CCOc1ccccc1C(N)=S)C1CC1. The topological polar surface area (TPSA) is 38.5 Å². The molecule has 1 fully saturated rings. The highest BCUT2D eigenvalue weighted by molar-refractivity contribution is 7.80. The molecule has 0 bridgehead atoms. The van der Waals surface area contributed by atoms with Gasteiger partial charge in [-0.1, -0.05) is 31.3 Å². The van der Waals surface area contributed by atoms with Crippen LogP contribution in [0, 0.1) is 0 Å². The molecule has 0 heterocycles. The summed E-state index contributed by atoms with van der Waals surface area (Å²) in [6, 6.07) is 8.46. The van der Waals surface area contributed by atoms with E-state index in [2.05, 4.69) is 11.8 Å². The van der Waals surface area contributed by atoms with Crippen LogP contribution in [-0.4, -0.2) is 35.6 Å². The van der Waals surface area contributed by atoms with Crippen LogP contribution in [0.3, 0.4) is 0 Å². The number of hydrogen-bond donors (Lipinski definition) is 1. The summed E-state index contributed by atoms with van der Waals surface area (Å²) in [5.74, 6) is 0.789. The number of nitrogens with two attached hydrogens (primary N) is 1. The van der Waals surface area contributed by atoms with Gasteiger partial charge in [0.15, 0.2) is 0 Å². The zero-order valence-electron chi connectivity index (χ0n) is 10.8. The molecule has 1 aromatic carbocycles. The molecule has 3 nitrogen and oxygen atoms in total. The van der Waals surface area contributed by atoms with Crippen molar-refractivity contribution in [1.82, 2.24) is 4.90 Å². The lowest BCUT2D eigenvalue weighted by molar-refractivity contribution is 0.209. The maximum atomic E-state index is 5.80.